The van der Waals surface area contributed by atoms with Gasteiger partial charge in [0.05, 0.1) is 20.8 Å². The largest absolute Gasteiger partial charge is 0.491 e. The van der Waals surface area contributed by atoms with Gasteiger partial charge in [-0.25, -0.2) is 4.79 Å². The smallest absolute Gasteiger partial charge is 0.373 e. The SMILES string of the molecule is COC(=O)c1ccc(Cn2cccc(OC)c2=O)o1. The quantitative estimate of drug-likeness (QED) is 0.777. The van der Waals surface area contributed by atoms with E-state index in [4.69, 9.17) is 9.15 Å². The predicted octanol–water partition coefficient (Wildman–Crippen LogP) is 1.28. The van der Waals surface area contributed by atoms with E-state index in [1.54, 1.807) is 24.4 Å². The summed E-state index contributed by atoms with van der Waals surface area (Å²) in [5.74, 6) is 0.288. The van der Waals surface area contributed by atoms with Crippen molar-refractivity contribution in [2.45, 2.75) is 6.54 Å². The Morgan fingerprint density at radius 2 is 2.11 bits per heavy atom. The average Bonchev–Trinajstić information content (AvgIpc) is 2.89. The van der Waals surface area contributed by atoms with Gasteiger partial charge >= 0.3 is 5.97 Å². The molecule has 0 bridgehead atoms. The molecule has 0 fully saturated rings. The summed E-state index contributed by atoms with van der Waals surface area (Å²) < 4.78 is 16.2. The molecule has 0 N–H and O–H groups in total. The molecule has 0 aliphatic carbocycles. The van der Waals surface area contributed by atoms with Gasteiger partial charge in [-0.1, -0.05) is 0 Å². The molecule has 0 unspecified atom stereocenters. The topological polar surface area (TPSA) is 70.7 Å². The first kappa shape index (κ1) is 12.9. The Hall–Kier alpha value is -2.50. The number of furan rings is 1. The molecule has 0 aliphatic heterocycles. The molecule has 2 aromatic heterocycles. The molecule has 100 valence electrons. The van der Waals surface area contributed by atoms with Gasteiger partial charge in [0.1, 0.15) is 5.76 Å². The number of carbonyl (C=O) groups is 1. The Morgan fingerprint density at radius 1 is 1.32 bits per heavy atom. The first-order valence-corrected chi connectivity index (χ1v) is 5.56. The average molecular weight is 263 g/mol. The van der Waals surface area contributed by atoms with Crippen molar-refractivity contribution in [2.24, 2.45) is 0 Å². The molecule has 2 aromatic rings. The molecular weight excluding hydrogens is 250 g/mol. The molecule has 0 radical (unpaired) electrons. The summed E-state index contributed by atoms with van der Waals surface area (Å²) in [6.07, 6.45) is 1.62. The zero-order valence-electron chi connectivity index (χ0n) is 10.6. The number of pyridine rings is 1. The molecule has 2 rings (SSSR count). The van der Waals surface area contributed by atoms with Crippen molar-refractivity contribution in [1.82, 2.24) is 4.57 Å². The highest BCUT2D eigenvalue weighted by molar-refractivity contribution is 5.86. The van der Waals surface area contributed by atoms with Crippen molar-refractivity contribution < 1.29 is 18.7 Å². The number of nitrogens with zero attached hydrogens (tertiary/aromatic N) is 1. The van der Waals surface area contributed by atoms with Gasteiger partial charge in [-0.3, -0.25) is 4.79 Å². The summed E-state index contributed by atoms with van der Waals surface area (Å²) >= 11 is 0. The summed E-state index contributed by atoms with van der Waals surface area (Å²) in [6, 6.07) is 6.41. The number of aromatic nitrogens is 1. The second kappa shape index (κ2) is 5.43. The molecule has 0 aromatic carbocycles. The Morgan fingerprint density at radius 3 is 2.79 bits per heavy atom. The summed E-state index contributed by atoms with van der Waals surface area (Å²) in [6.45, 7) is 0.215. The van der Waals surface area contributed by atoms with Crippen LogP contribution in [0.1, 0.15) is 16.3 Å². The van der Waals surface area contributed by atoms with E-state index >= 15 is 0 Å². The lowest BCUT2D eigenvalue weighted by Crippen LogP contribution is -2.20. The first-order valence-electron chi connectivity index (χ1n) is 5.56. The van der Waals surface area contributed by atoms with Crippen LogP contribution >= 0.6 is 0 Å². The van der Waals surface area contributed by atoms with Crippen LogP contribution in [0.4, 0.5) is 0 Å². The van der Waals surface area contributed by atoms with Crippen LogP contribution in [0.15, 0.2) is 39.7 Å². The van der Waals surface area contributed by atoms with Gasteiger partial charge < -0.3 is 18.5 Å². The highest BCUT2D eigenvalue weighted by Gasteiger charge is 2.12. The molecule has 0 saturated heterocycles. The number of esters is 1. The van der Waals surface area contributed by atoms with Crippen molar-refractivity contribution >= 4 is 5.97 Å². The van der Waals surface area contributed by atoms with Crippen LogP contribution in [0.5, 0.6) is 5.75 Å². The van der Waals surface area contributed by atoms with Crippen LogP contribution in [0, 0.1) is 0 Å². The van der Waals surface area contributed by atoms with Gasteiger partial charge in [0, 0.05) is 6.20 Å². The van der Waals surface area contributed by atoms with E-state index in [0.717, 1.165) is 0 Å². The summed E-state index contributed by atoms with van der Waals surface area (Å²) in [7, 11) is 2.71. The lowest BCUT2D eigenvalue weighted by molar-refractivity contribution is 0.0563. The minimum Gasteiger partial charge on any atom is -0.491 e. The lowest BCUT2D eigenvalue weighted by Gasteiger charge is -2.05. The Bertz CT molecular complexity index is 640. The van der Waals surface area contributed by atoms with Gasteiger partial charge in [0.2, 0.25) is 5.76 Å². The van der Waals surface area contributed by atoms with Gasteiger partial charge in [0.15, 0.2) is 5.75 Å². The number of hydrogen-bond donors (Lipinski definition) is 0. The molecule has 2 heterocycles. The molecule has 0 atom stereocenters. The van der Waals surface area contributed by atoms with Crippen molar-refractivity contribution in [2.75, 3.05) is 14.2 Å². The maximum atomic E-state index is 11.9. The number of rotatable bonds is 4. The van der Waals surface area contributed by atoms with Crippen molar-refractivity contribution in [3.63, 3.8) is 0 Å². The van der Waals surface area contributed by atoms with Gasteiger partial charge in [0.25, 0.3) is 5.56 Å². The Kier molecular flexibility index (Phi) is 3.70. The Balaban J connectivity index is 2.24. The van der Waals surface area contributed by atoms with Crippen molar-refractivity contribution in [1.29, 1.82) is 0 Å². The zero-order valence-corrected chi connectivity index (χ0v) is 10.6. The minimum atomic E-state index is -0.552. The molecule has 0 saturated carbocycles. The number of carbonyl (C=O) groups excluding carboxylic acids is 1. The molecule has 6 heteroatoms. The summed E-state index contributed by atoms with van der Waals surface area (Å²) in [5.41, 5.74) is -0.263. The standard InChI is InChI=1S/C13H13NO5/c1-17-10-4-3-7-14(12(10)15)8-9-5-6-11(19-9)13(16)18-2/h3-7H,8H2,1-2H3. The van der Waals surface area contributed by atoms with E-state index in [0.29, 0.717) is 5.76 Å². The van der Waals surface area contributed by atoms with Crippen LogP contribution in [0.2, 0.25) is 0 Å². The van der Waals surface area contributed by atoms with Crippen LogP contribution in [-0.4, -0.2) is 24.8 Å². The summed E-state index contributed by atoms with van der Waals surface area (Å²) in [4.78, 5) is 23.1. The van der Waals surface area contributed by atoms with Gasteiger partial charge in [-0.15, -0.1) is 0 Å². The molecule has 0 aliphatic rings. The van der Waals surface area contributed by atoms with E-state index in [2.05, 4.69) is 4.74 Å². The van der Waals surface area contributed by atoms with E-state index < -0.39 is 5.97 Å². The van der Waals surface area contributed by atoms with Crippen LogP contribution < -0.4 is 10.3 Å². The number of methoxy groups -OCH3 is 2. The maximum absolute atomic E-state index is 11.9. The molecule has 0 amide bonds. The van der Waals surface area contributed by atoms with E-state index in [9.17, 15) is 9.59 Å². The lowest BCUT2D eigenvalue weighted by atomic mass is 10.4. The molecular formula is C13H13NO5. The monoisotopic (exact) mass is 263 g/mol. The van der Waals surface area contributed by atoms with Gasteiger partial charge in [-0.2, -0.15) is 0 Å². The first-order chi connectivity index (χ1) is 9.15. The van der Waals surface area contributed by atoms with E-state index in [1.165, 1.54) is 24.9 Å². The fourth-order valence-electron chi connectivity index (χ4n) is 1.64. The molecule has 19 heavy (non-hydrogen) atoms. The second-order valence-electron chi connectivity index (χ2n) is 3.77. The normalized spacial score (nSPS) is 10.2. The number of ether oxygens (including phenoxy) is 2. The fraction of sp³-hybridized carbons (Fsp3) is 0.231. The molecule has 0 spiro atoms. The predicted molar refractivity (Wildman–Crippen MR) is 66.4 cm³/mol. The zero-order chi connectivity index (χ0) is 13.8. The third-order valence-electron chi connectivity index (χ3n) is 2.58. The highest BCUT2D eigenvalue weighted by atomic mass is 16.5. The summed E-state index contributed by atoms with van der Waals surface area (Å²) in [5, 5.41) is 0. The van der Waals surface area contributed by atoms with E-state index in [-0.39, 0.29) is 23.6 Å². The second-order valence-corrected chi connectivity index (χ2v) is 3.77. The third-order valence-corrected chi connectivity index (χ3v) is 2.58. The van der Waals surface area contributed by atoms with Crippen LogP contribution in [0.3, 0.4) is 0 Å². The van der Waals surface area contributed by atoms with E-state index in [1.807, 2.05) is 0 Å². The third kappa shape index (κ3) is 2.67. The maximum Gasteiger partial charge on any atom is 0.373 e. The van der Waals surface area contributed by atoms with Crippen molar-refractivity contribution in [3.05, 3.63) is 52.3 Å². The molecule has 6 nitrogen and oxygen atoms in total. The number of hydrogen-bond acceptors (Lipinski definition) is 5. The van der Waals surface area contributed by atoms with Gasteiger partial charge in [-0.05, 0) is 24.3 Å². The fourth-order valence-corrected chi connectivity index (χ4v) is 1.64. The van der Waals surface area contributed by atoms with Crippen LogP contribution in [-0.2, 0) is 11.3 Å². The van der Waals surface area contributed by atoms with Crippen LogP contribution in [0.25, 0.3) is 0 Å². The Labute approximate surface area is 109 Å². The highest BCUT2D eigenvalue weighted by Crippen LogP contribution is 2.10. The van der Waals surface area contributed by atoms with Crippen molar-refractivity contribution in [3.8, 4) is 5.75 Å². The minimum absolute atomic E-state index is 0.105.